The van der Waals surface area contributed by atoms with Gasteiger partial charge < -0.3 is 13.9 Å². The highest BCUT2D eigenvalue weighted by Crippen LogP contribution is 2.29. The van der Waals surface area contributed by atoms with E-state index in [1.54, 1.807) is 0 Å². The Morgan fingerprint density at radius 3 is 2.70 bits per heavy atom. The summed E-state index contributed by atoms with van der Waals surface area (Å²) in [5.74, 6) is 0.385. The molecule has 0 fully saturated rings. The van der Waals surface area contributed by atoms with E-state index in [1.807, 2.05) is 42.6 Å². The molecule has 0 unspecified atom stereocenters. The maximum absolute atomic E-state index is 12.4. The van der Waals surface area contributed by atoms with Gasteiger partial charge in [-0.25, -0.2) is 9.78 Å². The normalized spacial score (nSPS) is 12.6. The molecule has 4 aromatic rings. The summed E-state index contributed by atoms with van der Waals surface area (Å²) in [5, 5.41) is 3.46. The molecule has 0 aliphatic heterocycles. The van der Waals surface area contributed by atoms with Crippen LogP contribution in [0.15, 0.2) is 57.1 Å². The molecule has 168 valence electrons. The third-order valence-corrected chi connectivity index (χ3v) is 6.61. The number of thiazole rings is 1. The van der Waals surface area contributed by atoms with Gasteiger partial charge in [-0.15, -0.1) is 11.3 Å². The quantitative estimate of drug-likeness (QED) is 0.287. The number of hydrogen-bond donors (Lipinski definition) is 0. The highest BCUT2D eigenvalue weighted by molar-refractivity contribution is 7.09. The number of rotatable bonds is 7. The van der Waals surface area contributed by atoms with Crippen LogP contribution in [0.25, 0.3) is 11.0 Å². The number of hydrogen-bond acceptors (Lipinski definition) is 7. The summed E-state index contributed by atoms with van der Waals surface area (Å²) in [6.45, 7) is 2.39. The third kappa shape index (κ3) is 4.98. The zero-order chi connectivity index (χ0) is 22.8. The average molecular weight is 462 g/mol. The molecule has 0 bridgehead atoms. The predicted molar refractivity (Wildman–Crippen MR) is 126 cm³/mol. The average Bonchev–Trinajstić information content (AvgIpc) is 3.44. The summed E-state index contributed by atoms with van der Waals surface area (Å²) in [6.07, 6.45) is 3.19. The van der Waals surface area contributed by atoms with E-state index in [4.69, 9.17) is 13.9 Å². The molecule has 5 rings (SSSR count). The minimum atomic E-state index is -0.441. The highest BCUT2D eigenvalue weighted by atomic mass is 32.1. The molecule has 6 nitrogen and oxygen atoms in total. The number of carbonyl (C=O) groups excluding carboxylic acids is 1. The van der Waals surface area contributed by atoms with Crippen molar-refractivity contribution in [3.05, 3.63) is 91.2 Å². The maximum Gasteiger partial charge on any atom is 0.336 e. The first-order chi connectivity index (χ1) is 16.0. The van der Waals surface area contributed by atoms with Crippen molar-refractivity contribution in [2.45, 2.75) is 45.8 Å². The number of ether oxygens (including phenoxy) is 2. The number of aromatic nitrogens is 1. The van der Waals surface area contributed by atoms with Crippen molar-refractivity contribution in [2.75, 3.05) is 0 Å². The molecule has 0 spiro atoms. The SMILES string of the molecule is Cc1ccc(OCc2nc(CC(=O)OCc3cc(=O)oc4cc5c(cc34)CCC5)cs2)cc1. The summed E-state index contributed by atoms with van der Waals surface area (Å²) in [5.41, 5.74) is 5.08. The Morgan fingerprint density at radius 2 is 1.88 bits per heavy atom. The van der Waals surface area contributed by atoms with E-state index in [2.05, 4.69) is 11.1 Å². The van der Waals surface area contributed by atoms with Crippen molar-refractivity contribution in [1.82, 2.24) is 4.98 Å². The van der Waals surface area contributed by atoms with Crippen LogP contribution in [0.4, 0.5) is 0 Å². The topological polar surface area (TPSA) is 78.6 Å². The Kier molecular flexibility index (Phi) is 5.96. The lowest BCUT2D eigenvalue weighted by molar-refractivity contribution is -0.144. The summed E-state index contributed by atoms with van der Waals surface area (Å²) in [6, 6.07) is 13.2. The number of benzene rings is 2. The van der Waals surface area contributed by atoms with Gasteiger partial charge in [0.2, 0.25) is 0 Å². The second kappa shape index (κ2) is 9.19. The van der Waals surface area contributed by atoms with Crippen molar-refractivity contribution in [3.63, 3.8) is 0 Å². The fourth-order valence-electron chi connectivity index (χ4n) is 4.05. The van der Waals surface area contributed by atoms with E-state index in [1.165, 1.54) is 34.1 Å². The van der Waals surface area contributed by atoms with Gasteiger partial charge >= 0.3 is 11.6 Å². The van der Waals surface area contributed by atoms with Crippen LogP contribution < -0.4 is 10.4 Å². The third-order valence-electron chi connectivity index (χ3n) is 5.74. The Hall–Kier alpha value is -3.45. The molecule has 0 radical (unpaired) electrons. The van der Waals surface area contributed by atoms with Crippen LogP contribution in [-0.2, 0) is 42.0 Å². The van der Waals surface area contributed by atoms with Crippen molar-refractivity contribution in [2.24, 2.45) is 0 Å². The molecule has 2 heterocycles. The van der Waals surface area contributed by atoms with Gasteiger partial charge in [-0.2, -0.15) is 0 Å². The van der Waals surface area contributed by atoms with Crippen molar-refractivity contribution >= 4 is 28.3 Å². The van der Waals surface area contributed by atoms with E-state index < -0.39 is 11.6 Å². The van der Waals surface area contributed by atoms with Crippen molar-refractivity contribution in [1.29, 1.82) is 0 Å². The van der Waals surface area contributed by atoms with Gasteiger partial charge in [0, 0.05) is 22.4 Å². The van der Waals surface area contributed by atoms with Gasteiger partial charge in [-0.05, 0) is 61.6 Å². The van der Waals surface area contributed by atoms with Crippen molar-refractivity contribution in [3.8, 4) is 5.75 Å². The Bertz CT molecular complexity index is 1370. The number of esters is 1. The van der Waals surface area contributed by atoms with Gasteiger partial charge in [0.1, 0.15) is 29.6 Å². The number of carbonyl (C=O) groups is 1. The molecule has 0 saturated carbocycles. The summed E-state index contributed by atoms with van der Waals surface area (Å²) in [7, 11) is 0. The number of nitrogens with zero attached hydrogens (tertiary/aromatic N) is 1. The molecule has 2 aromatic carbocycles. The lowest BCUT2D eigenvalue weighted by Gasteiger charge is -2.09. The first-order valence-corrected chi connectivity index (χ1v) is 11.8. The van der Waals surface area contributed by atoms with Gasteiger partial charge in [0.05, 0.1) is 12.1 Å². The first kappa shape index (κ1) is 21.4. The van der Waals surface area contributed by atoms with Gasteiger partial charge in [-0.1, -0.05) is 17.7 Å². The van der Waals surface area contributed by atoms with Crippen LogP contribution in [0.3, 0.4) is 0 Å². The largest absolute Gasteiger partial charge is 0.486 e. The van der Waals surface area contributed by atoms with Crippen LogP contribution in [0.5, 0.6) is 5.75 Å². The van der Waals surface area contributed by atoms with Crippen LogP contribution in [0, 0.1) is 6.92 Å². The van der Waals surface area contributed by atoms with Crippen LogP contribution in [-0.4, -0.2) is 11.0 Å². The molecule has 0 atom stereocenters. The smallest absolute Gasteiger partial charge is 0.336 e. The van der Waals surface area contributed by atoms with E-state index in [0.717, 1.165) is 35.4 Å². The Labute approximate surface area is 194 Å². The van der Waals surface area contributed by atoms with Crippen LogP contribution >= 0.6 is 11.3 Å². The maximum atomic E-state index is 12.4. The van der Waals surface area contributed by atoms with Crippen LogP contribution in [0.1, 0.15) is 39.4 Å². The molecule has 1 aliphatic carbocycles. The number of aryl methyl sites for hydroxylation is 3. The molecular formula is C26H23NO5S. The Balaban J connectivity index is 1.20. The molecule has 0 saturated heterocycles. The zero-order valence-electron chi connectivity index (χ0n) is 18.3. The second-order valence-corrected chi connectivity index (χ2v) is 9.18. The van der Waals surface area contributed by atoms with E-state index >= 15 is 0 Å². The van der Waals surface area contributed by atoms with Crippen molar-refractivity contribution < 1.29 is 18.7 Å². The lowest BCUT2D eigenvalue weighted by atomic mass is 10.0. The zero-order valence-corrected chi connectivity index (χ0v) is 19.1. The molecule has 0 N–H and O–H groups in total. The highest BCUT2D eigenvalue weighted by Gasteiger charge is 2.16. The molecule has 1 aliphatic rings. The molecule has 33 heavy (non-hydrogen) atoms. The van der Waals surface area contributed by atoms with E-state index in [9.17, 15) is 9.59 Å². The molecule has 7 heteroatoms. The van der Waals surface area contributed by atoms with E-state index in [-0.39, 0.29) is 13.0 Å². The van der Waals surface area contributed by atoms with Gasteiger partial charge in [0.15, 0.2) is 0 Å². The molecule has 2 aromatic heterocycles. The standard InChI is InChI=1S/C26H23NO5S/c1-16-5-7-21(8-6-16)30-14-24-27-20(15-33-24)12-25(28)31-13-19-11-26(29)32-23-10-18-4-2-3-17(18)9-22(19)23/h5-11,15H,2-4,12-14H2,1H3. The van der Waals surface area contributed by atoms with E-state index in [0.29, 0.717) is 23.4 Å². The lowest BCUT2D eigenvalue weighted by Crippen LogP contribution is -2.10. The van der Waals surface area contributed by atoms with Gasteiger partial charge in [-0.3, -0.25) is 4.79 Å². The van der Waals surface area contributed by atoms with Crippen LogP contribution in [0.2, 0.25) is 0 Å². The summed E-state index contributed by atoms with van der Waals surface area (Å²) in [4.78, 5) is 28.9. The molecular weight excluding hydrogens is 438 g/mol. The second-order valence-electron chi connectivity index (χ2n) is 8.23. The van der Waals surface area contributed by atoms with Gasteiger partial charge in [0.25, 0.3) is 0 Å². The fraction of sp³-hybridized carbons (Fsp3) is 0.269. The minimum absolute atomic E-state index is 0.0211. The Morgan fingerprint density at radius 1 is 1.09 bits per heavy atom. The first-order valence-electron chi connectivity index (χ1n) is 10.9. The molecule has 0 amide bonds. The summed E-state index contributed by atoms with van der Waals surface area (Å²) >= 11 is 1.45. The predicted octanol–water partition coefficient (Wildman–Crippen LogP) is 4.91. The summed E-state index contributed by atoms with van der Waals surface area (Å²) < 4.78 is 16.6. The minimum Gasteiger partial charge on any atom is -0.486 e. The monoisotopic (exact) mass is 461 g/mol. The number of fused-ring (bicyclic) bond motifs is 2. The fourth-order valence-corrected chi connectivity index (χ4v) is 4.75.